The van der Waals surface area contributed by atoms with E-state index in [1.54, 1.807) is 0 Å². The Hall–Kier alpha value is -1.31. The number of hydrogen-bond acceptors (Lipinski definition) is 4. The Kier molecular flexibility index (Phi) is 6.28. The van der Waals surface area contributed by atoms with E-state index in [2.05, 4.69) is 4.74 Å². The number of amides is 1. The molecule has 0 saturated carbocycles. The lowest BCUT2D eigenvalue weighted by molar-refractivity contribution is -0.167. The number of methoxy groups -OCH3 is 1. The molecule has 5 nitrogen and oxygen atoms in total. The summed E-state index contributed by atoms with van der Waals surface area (Å²) in [7, 11) is 1.13. The molecule has 0 saturated heterocycles. The van der Waals surface area contributed by atoms with E-state index in [1.807, 2.05) is 0 Å². The first-order chi connectivity index (χ1) is 8.53. The SMILES string of the molecule is COC(=O)CCN(CC(F)(F)F)C(=O)C(C)(C)CN. The molecule has 0 aliphatic heterocycles. The Morgan fingerprint density at radius 1 is 1.26 bits per heavy atom. The van der Waals surface area contributed by atoms with Crippen LogP contribution in [0.25, 0.3) is 0 Å². The van der Waals surface area contributed by atoms with Crippen LogP contribution in [0.5, 0.6) is 0 Å². The minimum Gasteiger partial charge on any atom is -0.469 e. The first-order valence-corrected chi connectivity index (χ1v) is 5.66. The number of esters is 1. The van der Waals surface area contributed by atoms with Crippen molar-refractivity contribution in [3.05, 3.63) is 0 Å². The highest BCUT2D eigenvalue weighted by atomic mass is 19.4. The lowest BCUT2D eigenvalue weighted by atomic mass is 9.91. The van der Waals surface area contributed by atoms with Crippen LogP contribution in [-0.4, -0.2) is 49.7 Å². The van der Waals surface area contributed by atoms with Crippen molar-refractivity contribution in [3.63, 3.8) is 0 Å². The van der Waals surface area contributed by atoms with Crippen molar-refractivity contribution < 1.29 is 27.5 Å². The standard InChI is InChI=1S/C11H19F3N2O3/c1-10(2,6-15)9(18)16(7-11(12,13)14)5-4-8(17)19-3/h4-7,15H2,1-3H3. The van der Waals surface area contributed by atoms with Crippen LogP contribution < -0.4 is 5.73 Å². The number of nitrogens with two attached hydrogens (primary N) is 1. The van der Waals surface area contributed by atoms with Crippen molar-refractivity contribution in [2.24, 2.45) is 11.1 Å². The third kappa shape index (κ3) is 6.42. The predicted octanol–water partition coefficient (Wildman–Crippen LogP) is 0.925. The first kappa shape index (κ1) is 17.7. The maximum atomic E-state index is 12.4. The average Bonchev–Trinajstić information content (AvgIpc) is 2.31. The predicted molar refractivity (Wildman–Crippen MR) is 62.1 cm³/mol. The van der Waals surface area contributed by atoms with Gasteiger partial charge in [0.1, 0.15) is 6.54 Å². The summed E-state index contributed by atoms with van der Waals surface area (Å²) < 4.78 is 41.6. The second-order valence-corrected chi connectivity index (χ2v) is 4.76. The van der Waals surface area contributed by atoms with E-state index in [4.69, 9.17) is 5.73 Å². The molecule has 1 amide bonds. The summed E-state index contributed by atoms with van der Waals surface area (Å²) >= 11 is 0. The maximum Gasteiger partial charge on any atom is 0.406 e. The minimum absolute atomic E-state index is 0.0849. The molecule has 0 spiro atoms. The Labute approximate surface area is 109 Å². The molecule has 19 heavy (non-hydrogen) atoms. The van der Waals surface area contributed by atoms with Gasteiger partial charge in [0.15, 0.2) is 0 Å². The fourth-order valence-corrected chi connectivity index (χ4v) is 1.31. The highest BCUT2D eigenvalue weighted by Crippen LogP contribution is 2.22. The van der Waals surface area contributed by atoms with Gasteiger partial charge in [0.2, 0.25) is 5.91 Å². The zero-order valence-corrected chi connectivity index (χ0v) is 11.2. The summed E-state index contributed by atoms with van der Waals surface area (Å²) in [6, 6.07) is 0. The molecule has 0 unspecified atom stereocenters. The summed E-state index contributed by atoms with van der Waals surface area (Å²) in [4.78, 5) is 23.5. The molecule has 0 aromatic carbocycles. The summed E-state index contributed by atoms with van der Waals surface area (Å²) in [6.07, 6.45) is -4.82. The molecule has 0 aromatic rings. The zero-order valence-electron chi connectivity index (χ0n) is 11.2. The molecule has 0 aliphatic carbocycles. The molecule has 0 radical (unpaired) electrons. The van der Waals surface area contributed by atoms with Crippen LogP contribution in [0.3, 0.4) is 0 Å². The zero-order chi connectivity index (χ0) is 15.3. The van der Waals surface area contributed by atoms with Crippen LogP contribution in [-0.2, 0) is 14.3 Å². The van der Waals surface area contributed by atoms with E-state index >= 15 is 0 Å². The number of alkyl halides is 3. The van der Waals surface area contributed by atoms with Crippen LogP contribution in [0.4, 0.5) is 13.2 Å². The van der Waals surface area contributed by atoms with Crippen LogP contribution in [0.15, 0.2) is 0 Å². The average molecular weight is 284 g/mol. The number of hydrogen-bond donors (Lipinski definition) is 1. The Bertz CT molecular complexity index is 330. The maximum absolute atomic E-state index is 12.4. The molecule has 0 heterocycles. The van der Waals surface area contributed by atoms with Crippen LogP contribution in [0.1, 0.15) is 20.3 Å². The molecular weight excluding hydrogens is 265 g/mol. The van der Waals surface area contributed by atoms with Gasteiger partial charge in [-0.2, -0.15) is 13.2 Å². The normalized spacial score (nSPS) is 12.2. The van der Waals surface area contributed by atoms with Gasteiger partial charge in [-0.15, -0.1) is 0 Å². The highest BCUT2D eigenvalue weighted by molar-refractivity contribution is 5.82. The summed E-state index contributed by atoms with van der Waals surface area (Å²) in [6.45, 7) is 1.06. The van der Waals surface area contributed by atoms with Gasteiger partial charge < -0.3 is 15.4 Å². The smallest absolute Gasteiger partial charge is 0.406 e. The fourth-order valence-electron chi connectivity index (χ4n) is 1.31. The van der Waals surface area contributed by atoms with Gasteiger partial charge >= 0.3 is 12.1 Å². The van der Waals surface area contributed by atoms with Gasteiger partial charge in [-0.05, 0) is 13.8 Å². The van der Waals surface area contributed by atoms with Gasteiger partial charge in [-0.1, -0.05) is 0 Å². The van der Waals surface area contributed by atoms with Crippen molar-refractivity contribution in [1.29, 1.82) is 0 Å². The number of nitrogens with zero attached hydrogens (tertiary/aromatic N) is 1. The Balaban J connectivity index is 4.86. The monoisotopic (exact) mass is 284 g/mol. The molecular formula is C11H19F3N2O3. The largest absolute Gasteiger partial charge is 0.469 e. The van der Waals surface area contributed by atoms with Gasteiger partial charge in [0.05, 0.1) is 18.9 Å². The molecule has 112 valence electrons. The topological polar surface area (TPSA) is 72.6 Å². The van der Waals surface area contributed by atoms with Gasteiger partial charge in [0, 0.05) is 13.1 Å². The molecule has 0 rings (SSSR count). The number of halogens is 3. The van der Waals surface area contributed by atoms with E-state index < -0.39 is 30.0 Å². The summed E-state index contributed by atoms with van der Waals surface area (Å²) in [5.74, 6) is -1.42. The van der Waals surface area contributed by atoms with Crippen LogP contribution >= 0.6 is 0 Å². The fraction of sp³-hybridized carbons (Fsp3) is 0.818. The molecule has 2 N–H and O–H groups in total. The van der Waals surface area contributed by atoms with Crippen molar-refractivity contribution in [1.82, 2.24) is 4.90 Å². The lowest BCUT2D eigenvalue weighted by Gasteiger charge is -2.31. The second-order valence-electron chi connectivity index (χ2n) is 4.76. The number of carbonyl (C=O) groups excluding carboxylic acids is 2. The van der Waals surface area contributed by atoms with E-state index in [1.165, 1.54) is 13.8 Å². The summed E-state index contributed by atoms with van der Waals surface area (Å²) in [5.41, 5.74) is 4.26. The molecule has 0 bridgehead atoms. The quantitative estimate of drug-likeness (QED) is 0.736. The number of rotatable bonds is 6. The van der Waals surface area contributed by atoms with E-state index in [0.29, 0.717) is 4.90 Å². The van der Waals surface area contributed by atoms with Crippen LogP contribution in [0, 0.1) is 5.41 Å². The van der Waals surface area contributed by atoms with Gasteiger partial charge in [-0.25, -0.2) is 0 Å². The van der Waals surface area contributed by atoms with Gasteiger partial charge in [-0.3, -0.25) is 9.59 Å². The molecule has 0 aromatic heterocycles. The Morgan fingerprint density at radius 2 is 1.79 bits per heavy atom. The number of ether oxygens (including phenoxy) is 1. The molecule has 0 fully saturated rings. The van der Waals surface area contributed by atoms with Crippen molar-refractivity contribution in [2.75, 3.05) is 26.7 Å². The molecule has 8 heteroatoms. The molecule has 0 aliphatic rings. The van der Waals surface area contributed by atoms with E-state index in [0.717, 1.165) is 7.11 Å². The third-order valence-corrected chi connectivity index (χ3v) is 2.56. The van der Waals surface area contributed by atoms with E-state index in [-0.39, 0.29) is 19.5 Å². The minimum atomic E-state index is -4.53. The number of carbonyl (C=O) groups is 2. The van der Waals surface area contributed by atoms with E-state index in [9.17, 15) is 22.8 Å². The second kappa shape index (κ2) is 6.74. The van der Waals surface area contributed by atoms with Crippen molar-refractivity contribution in [2.45, 2.75) is 26.4 Å². The lowest BCUT2D eigenvalue weighted by Crippen LogP contribution is -2.48. The third-order valence-electron chi connectivity index (χ3n) is 2.56. The summed E-state index contributed by atoms with van der Waals surface area (Å²) in [5, 5.41) is 0. The molecule has 0 atom stereocenters. The van der Waals surface area contributed by atoms with Crippen molar-refractivity contribution in [3.8, 4) is 0 Å². The van der Waals surface area contributed by atoms with Crippen LogP contribution in [0.2, 0.25) is 0 Å². The highest BCUT2D eigenvalue weighted by Gasteiger charge is 2.38. The van der Waals surface area contributed by atoms with Gasteiger partial charge in [0.25, 0.3) is 0 Å². The van der Waals surface area contributed by atoms with Crippen molar-refractivity contribution >= 4 is 11.9 Å². The Morgan fingerprint density at radius 3 is 2.16 bits per heavy atom. The first-order valence-electron chi connectivity index (χ1n) is 5.66.